The molecule has 1 aliphatic carbocycles. The highest BCUT2D eigenvalue weighted by Gasteiger charge is 2.23. The lowest BCUT2D eigenvalue weighted by atomic mass is 10.1. The summed E-state index contributed by atoms with van der Waals surface area (Å²) in [4.78, 5) is 4.31. The molecule has 0 bridgehead atoms. The molecule has 1 aromatic carbocycles. The molecule has 3 rings (SSSR count). The van der Waals surface area contributed by atoms with Crippen molar-refractivity contribution in [3.63, 3.8) is 0 Å². The summed E-state index contributed by atoms with van der Waals surface area (Å²) >= 11 is 0. The number of hydrogen-bond donors (Lipinski definition) is 0. The van der Waals surface area contributed by atoms with Crippen LogP contribution in [0.5, 0.6) is 5.75 Å². The Labute approximate surface area is 110 Å². The molecule has 2 nitrogen and oxygen atoms in total. The highest BCUT2D eigenvalue weighted by atomic mass is 19.2. The molecule has 0 amide bonds. The maximum absolute atomic E-state index is 13.4. The van der Waals surface area contributed by atoms with Gasteiger partial charge in [-0.05, 0) is 42.5 Å². The predicted octanol–water partition coefficient (Wildman–Crippen LogP) is 3.91. The number of halogens is 2. The lowest BCUT2D eigenvalue weighted by Crippen LogP contribution is -1.94. The highest BCUT2D eigenvalue weighted by molar-refractivity contribution is 5.61. The molecule has 0 unspecified atom stereocenters. The fraction of sp³-hybridized carbons (Fsp3) is 0.267. The maximum atomic E-state index is 13.4. The molecule has 0 N–H and O–H groups in total. The molecule has 0 aliphatic heterocycles. The summed E-state index contributed by atoms with van der Waals surface area (Å²) in [5.41, 5.74) is 2.33. The van der Waals surface area contributed by atoms with Crippen LogP contribution in [0.2, 0.25) is 0 Å². The quantitative estimate of drug-likeness (QED) is 0.835. The van der Waals surface area contributed by atoms with E-state index in [0.717, 1.165) is 6.07 Å². The molecule has 0 saturated heterocycles. The van der Waals surface area contributed by atoms with Crippen LogP contribution in [0.15, 0.2) is 30.5 Å². The van der Waals surface area contributed by atoms with Gasteiger partial charge in [-0.3, -0.25) is 4.98 Å². The van der Waals surface area contributed by atoms with Crippen molar-refractivity contribution in [3.8, 4) is 17.0 Å². The van der Waals surface area contributed by atoms with Gasteiger partial charge in [0.2, 0.25) is 5.82 Å². The Morgan fingerprint density at radius 2 is 2.00 bits per heavy atom. The Bertz CT molecular complexity index is 606. The summed E-state index contributed by atoms with van der Waals surface area (Å²) in [7, 11) is 1.31. The van der Waals surface area contributed by atoms with Crippen LogP contribution in [0.4, 0.5) is 8.78 Å². The molecular formula is C15H13F2NO. The van der Waals surface area contributed by atoms with Gasteiger partial charge >= 0.3 is 0 Å². The van der Waals surface area contributed by atoms with Crippen LogP contribution in [0.25, 0.3) is 11.3 Å². The minimum absolute atomic E-state index is 0.108. The number of pyridine rings is 1. The largest absolute Gasteiger partial charge is 0.494 e. The number of ether oxygens (including phenoxy) is 1. The van der Waals surface area contributed by atoms with E-state index in [4.69, 9.17) is 4.74 Å². The van der Waals surface area contributed by atoms with Crippen molar-refractivity contribution in [1.82, 2.24) is 4.98 Å². The molecule has 0 atom stereocenters. The smallest absolute Gasteiger partial charge is 0.200 e. The SMILES string of the molecule is COc1cc(-c2ccc(C3CC3)cn2)cc(F)c1F. The van der Waals surface area contributed by atoms with Crippen LogP contribution in [-0.2, 0) is 0 Å². The fourth-order valence-corrected chi connectivity index (χ4v) is 2.09. The summed E-state index contributed by atoms with van der Waals surface area (Å²) in [6, 6.07) is 6.42. The summed E-state index contributed by atoms with van der Waals surface area (Å²) in [6.07, 6.45) is 4.22. The third-order valence-electron chi connectivity index (χ3n) is 3.35. The number of methoxy groups -OCH3 is 1. The zero-order valence-corrected chi connectivity index (χ0v) is 10.5. The van der Waals surface area contributed by atoms with Crippen LogP contribution >= 0.6 is 0 Å². The Kier molecular flexibility index (Phi) is 2.93. The van der Waals surface area contributed by atoms with E-state index in [1.165, 1.54) is 31.6 Å². The molecule has 98 valence electrons. The summed E-state index contributed by atoms with van der Waals surface area (Å²) in [5.74, 6) is -1.38. The van der Waals surface area contributed by atoms with Gasteiger partial charge in [0.25, 0.3) is 0 Å². The van der Waals surface area contributed by atoms with Crippen molar-refractivity contribution in [2.75, 3.05) is 7.11 Å². The second-order valence-corrected chi connectivity index (χ2v) is 4.73. The average Bonchev–Trinajstić information content (AvgIpc) is 3.26. The predicted molar refractivity (Wildman–Crippen MR) is 68.1 cm³/mol. The maximum Gasteiger partial charge on any atom is 0.200 e. The number of nitrogens with zero attached hydrogens (tertiary/aromatic N) is 1. The van der Waals surface area contributed by atoms with Gasteiger partial charge in [0.15, 0.2) is 11.6 Å². The monoisotopic (exact) mass is 261 g/mol. The van der Waals surface area contributed by atoms with Gasteiger partial charge in [-0.25, -0.2) is 4.39 Å². The average molecular weight is 261 g/mol. The number of benzene rings is 1. The van der Waals surface area contributed by atoms with Gasteiger partial charge in [-0.2, -0.15) is 4.39 Å². The lowest BCUT2D eigenvalue weighted by molar-refractivity contribution is 0.372. The topological polar surface area (TPSA) is 22.1 Å². The zero-order chi connectivity index (χ0) is 13.4. The standard InChI is InChI=1S/C15H13F2NO/c1-19-14-7-11(6-12(16)15(14)17)13-5-4-10(8-18-13)9-2-3-9/h4-9H,2-3H2,1H3. The number of aromatic nitrogens is 1. The second kappa shape index (κ2) is 4.61. The second-order valence-electron chi connectivity index (χ2n) is 4.73. The van der Waals surface area contributed by atoms with Crippen molar-refractivity contribution in [3.05, 3.63) is 47.7 Å². The van der Waals surface area contributed by atoms with Crippen LogP contribution in [-0.4, -0.2) is 12.1 Å². The molecule has 2 aromatic rings. The summed E-state index contributed by atoms with van der Waals surface area (Å²) in [6.45, 7) is 0. The first-order valence-electron chi connectivity index (χ1n) is 6.18. The molecule has 1 heterocycles. The molecule has 0 radical (unpaired) electrons. The number of hydrogen-bond acceptors (Lipinski definition) is 2. The third-order valence-corrected chi connectivity index (χ3v) is 3.35. The molecule has 4 heteroatoms. The van der Waals surface area contributed by atoms with Crippen molar-refractivity contribution in [2.24, 2.45) is 0 Å². The van der Waals surface area contributed by atoms with E-state index < -0.39 is 11.6 Å². The van der Waals surface area contributed by atoms with Crippen LogP contribution < -0.4 is 4.74 Å². The molecule has 1 fully saturated rings. The summed E-state index contributed by atoms with van der Waals surface area (Å²) < 4.78 is 31.6. The van der Waals surface area contributed by atoms with Crippen LogP contribution in [0.1, 0.15) is 24.3 Å². The van der Waals surface area contributed by atoms with Crippen molar-refractivity contribution >= 4 is 0 Å². The molecule has 1 saturated carbocycles. The molecule has 1 aliphatic rings. The normalized spacial score (nSPS) is 14.5. The van der Waals surface area contributed by atoms with Crippen molar-refractivity contribution in [2.45, 2.75) is 18.8 Å². The Balaban J connectivity index is 1.98. The van der Waals surface area contributed by atoms with Gasteiger partial charge in [-0.1, -0.05) is 6.07 Å². The van der Waals surface area contributed by atoms with E-state index in [1.54, 1.807) is 6.20 Å². The molecule has 1 aromatic heterocycles. The van der Waals surface area contributed by atoms with E-state index in [0.29, 0.717) is 17.2 Å². The van der Waals surface area contributed by atoms with Gasteiger partial charge in [-0.15, -0.1) is 0 Å². The van der Waals surface area contributed by atoms with E-state index in [2.05, 4.69) is 4.98 Å². The van der Waals surface area contributed by atoms with Gasteiger partial charge in [0.05, 0.1) is 12.8 Å². The van der Waals surface area contributed by atoms with E-state index in [-0.39, 0.29) is 5.75 Å². The van der Waals surface area contributed by atoms with Crippen molar-refractivity contribution < 1.29 is 13.5 Å². The first-order valence-corrected chi connectivity index (χ1v) is 6.18. The minimum Gasteiger partial charge on any atom is -0.494 e. The van der Waals surface area contributed by atoms with E-state index in [9.17, 15) is 8.78 Å². The number of rotatable bonds is 3. The zero-order valence-electron chi connectivity index (χ0n) is 10.5. The lowest BCUT2D eigenvalue weighted by Gasteiger charge is -2.07. The van der Waals surface area contributed by atoms with E-state index >= 15 is 0 Å². The molecule has 0 spiro atoms. The van der Waals surface area contributed by atoms with Crippen LogP contribution in [0, 0.1) is 11.6 Å². The van der Waals surface area contributed by atoms with Gasteiger partial charge in [0, 0.05) is 11.8 Å². The Morgan fingerprint density at radius 1 is 1.21 bits per heavy atom. The fourth-order valence-electron chi connectivity index (χ4n) is 2.09. The van der Waals surface area contributed by atoms with Gasteiger partial charge in [0.1, 0.15) is 0 Å². The summed E-state index contributed by atoms with van der Waals surface area (Å²) in [5, 5.41) is 0. The first-order chi connectivity index (χ1) is 9.19. The molecule has 19 heavy (non-hydrogen) atoms. The highest BCUT2D eigenvalue weighted by Crippen LogP contribution is 2.40. The van der Waals surface area contributed by atoms with Crippen LogP contribution in [0.3, 0.4) is 0 Å². The Morgan fingerprint density at radius 3 is 2.58 bits per heavy atom. The minimum atomic E-state index is -0.971. The Hall–Kier alpha value is -1.97. The van der Waals surface area contributed by atoms with Crippen molar-refractivity contribution in [1.29, 1.82) is 0 Å². The molecular weight excluding hydrogens is 248 g/mol. The van der Waals surface area contributed by atoms with E-state index in [1.807, 2.05) is 12.1 Å². The third kappa shape index (κ3) is 2.30. The van der Waals surface area contributed by atoms with Gasteiger partial charge < -0.3 is 4.74 Å². The first kappa shape index (κ1) is 12.1.